The van der Waals surface area contributed by atoms with Gasteiger partial charge in [-0.15, -0.1) is 0 Å². The van der Waals surface area contributed by atoms with Gasteiger partial charge in [0.25, 0.3) is 0 Å². The summed E-state index contributed by atoms with van der Waals surface area (Å²) in [6.45, 7) is 2.32. The van der Waals surface area contributed by atoms with Crippen LogP contribution < -0.4 is 5.73 Å². The van der Waals surface area contributed by atoms with E-state index in [-0.39, 0.29) is 17.6 Å². The van der Waals surface area contributed by atoms with Crippen molar-refractivity contribution in [2.75, 3.05) is 32.5 Å². The van der Waals surface area contributed by atoms with Gasteiger partial charge in [0.05, 0.1) is 12.9 Å². The molecule has 0 saturated carbocycles. The lowest BCUT2D eigenvalue weighted by Gasteiger charge is -2.41. The lowest BCUT2D eigenvalue weighted by Crippen LogP contribution is -2.52. The second kappa shape index (κ2) is 7.04. The lowest BCUT2D eigenvalue weighted by atomic mass is 9.92. The number of sulfonamides is 1. The third-order valence-corrected chi connectivity index (χ3v) is 7.40. The maximum atomic E-state index is 14.1. The van der Waals surface area contributed by atoms with E-state index in [4.69, 9.17) is 10.5 Å². The van der Waals surface area contributed by atoms with E-state index in [1.807, 2.05) is 0 Å². The SMILES string of the molecule is CS(=O)(=O)N1CC2CCN([C@H]3CO[C@H](c4cc(F)ccc4F)[C@@H](N)C3)C2C1. The fourth-order valence-corrected chi connectivity index (χ4v) is 5.69. The monoisotopic (exact) mass is 401 g/mol. The van der Waals surface area contributed by atoms with Crippen molar-refractivity contribution in [1.82, 2.24) is 9.21 Å². The molecule has 0 aromatic heterocycles. The molecule has 3 aliphatic rings. The molecule has 1 aromatic carbocycles. The van der Waals surface area contributed by atoms with Crippen LogP contribution >= 0.6 is 0 Å². The zero-order valence-corrected chi connectivity index (χ0v) is 16.0. The first-order chi connectivity index (χ1) is 12.7. The van der Waals surface area contributed by atoms with Crippen LogP contribution in [-0.2, 0) is 14.8 Å². The van der Waals surface area contributed by atoms with Crippen LogP contribution in [-0.4, -0.2) is 68.2 Å². The fourth-order valence-electron chi connectivity index (χ4n) is 4.81. The van der Waals surface area contributed by atoms with Crippen LogP contribution in [0.1, 0.15) is 24.5 Å². The summed E-state index contributed by atoms with van der Waals surface area (Å²) < 4.78 is 58.7. The minimum Gasteiger partial charge on any atom is -0.370 e. The van der Waals surface area contributed by atoms with Crippen molar-refractivity contribution >= 4 is 10.0 Å². The summed E-state index contributed by atoms with van der Waals surface area (Å²) in [7, 11) is -3.19. The van der Waals surface area contributed by atoms with Crippen molar-refractivity contribution < 1.29 is 21.9 Å². The van der Waals surface area contributed by atoms with E-state index in [1.165, 1.54) is 6.26 Å². The minimum absolute atomic E-state index is 0.0578. The van der Waals surface area contributed by atoms with E-state index in [1.54, 1.807) is 4.31 Å². The average molecular weight is 401 g/mol. The average Bonchev–Trinajstić information content (AvgIpc) is 3.17. The zero-order chi connectivity index (χ0) is 19.3. The van der Waals surface area contributed by atoms with Crippen molar-refractivity contribution in [2.45, 2.75) is 37.1 Å². The van der Waals surface area contributed by atoms with Gasteiger partial charge in [-0.05, 0) is 43.5 Å². The van der Waals surface area contributed by atoms with Gasteiger partial charge in [-0.1, -0.05) is 0 Å². The van der Waals surface area contributed by atoms with Gasteiger partial charge < -0.3 is 10.5 Å². The van der Waals surface area contributed by atoms with Crippen molar-refractivity contribution in [3.8, 4) is 0 Å². The Kier molecular flexibility index (Phi) is 5.00. The van der Waals surface area contributed by atoms with Crippen molar-refractivity contribution in [2.24, 2.45) is 11.7 Å². The van der Waals surface area contributed by atoms with Gasteiger partial charge in [-0.3, -0.25) is 4.90 Å². The Morgan fingerprint density at radius 1 is 1.26 bits per heavy atom. The van der Waals surface area contributed by atoms with Gasteiger partial charge in [0.1, 0.15) is 17.7 Å². The molecule has 6 nitrogen and oxygen atoms in total. The van der Waals surface area contributed by atoms with Crippen LogP contribution in [0.25, 0.3) is 0 Å². The van der Waals surface area contributed by atoms with Gasteiger partial charge in [-0.2, -0.15) is 0 Å². The summed E-state index contributed by atoms with van der Waals surface area (Å²) in [5.41, 5.74) is 6.43. The van der Waals surface area contributed by atoms with Gasteiger partial charge in [0.15, 0.2) is 0 Å². The largest absolute Gasteiger partial charge is 0.370 e. The Morgan fingerprint density at radius 2 is 2.04 bits per heavy atom. The number of benzene rings is 1. The van der Waals surface area contributed by atoms with E-state index in [2.05, 4.69) is 4.90 Å². The number of halogens is 2. The molecule has 2 unspecified atom stereocenters. The first kappa shape index (κ1) is 19.2. The molecule has 4 rings (SSSR count). The smallest absolute Gasteiger partial charge is 0.211 e. The normalized spacial score (nSPS) is 35.5. The Hall–Kier alpha value is -1.13. The molecular weight excluding hydrogens is 376 g/mol. The maximum absolute atomic E-state index is 14.1. The highest BCUT2D eigenvalue weighted by Crippen LogP contribution is 2.38. The number of nitrogens with two attached hydrogens (primary N) is 1. The second-order valence-electron chi connectivity index (χ2n) is 7.91. The molecule has 0 bridgehead atoms. The van der Waals surface area contributed by atoms with Crippen molar-refractivity contribution in [1.29, 1.82) is 0 Å². The third-order valence-electron chi connectivity index (χ3n) is 6.16. The Labute approximate surface area is 158 Å². The number of ether oxygens (including phenoxy) is 1. The molecule has 27 heavy (non-hydrogen) atoms. The fraction of sp³-hybridized carbons (Fsp3) is 0.667. The van der Waals surface area contributed by atoms with Crippen LogP contribution in [0.5, 0.6) is 0 Å². The summed E-state index contributed by atoms with van der Waals surface area (Å²) in [5.74, 6) is -0.705. The maximum Gasteiger partial charge on any atom is 0.211 e. The lowest BCUT2D eigenvalue weighted by molar-refractivity contribution is -0.0547. The molecule has 0 amide bonds. The highest BCUT2D eigenvalue weighted by Gasteiger charge is 2.47. The predicted molar refractivity (Wildman–Crippen MR) is 96.4 cm³/mol. The second-order valence-corrected chi connectivity index (χ2v) is 9.89. The topological polar surface area (TPSA) is 75.9 Å². The molecular formula is C18H25F2N3O3S. The Bertz CT molecular complexity index is 822. The van der Waals surface area contributed by atoms with Gasteiger partial charge in [0.2, 0.25) is 10.0 Å². The molecule has 0 aliphatic carbocycles. The molecule has 0 radical (unpaired) electrons. The van der Waals surface area contributed by atoms with Crippen molar-refractivity contribution in [3.63, 3.8) is 0 Å². The molecule has 1 aromatic rings. The van der Waals surface area contributed by atoms with Crippen LogP contribution in [0, 0.1) is 17.6 Å². The summed E-state index contributed by atoms with van der Waals surface area (Å²) >= 11 is 0. The number of likely N-dealkylation sites (tertiary alicyclic amines) is 1. The number of hydrogen-bond acceptors (Lipinski definition) is 5. The minimum atomic E-state index is -3.19. The molecule has 0 spiro atoms. The van der Waals surface area contributed by atoms with E-state index < -0.39 is 33.8 Å². The van der Waals surface area contributed by atoms with Crippen molar-refractivity contribution in [3.05, 3.63) is 35.4 Å². The Morgan fingerprint density at radius 3 is 2.74 bits per heavy atom. The molecule has 3 heterocycles. The van der Waals surface area contributed by atoms with Gasteiger partial charge >= 0.3 is 0 Å². The summed E-state index contributed by atoms with van der Waals surface area (Å²) in [5, 5.41) is 0. The van der Waals surface area contributed by atoms with Crippen LogP contribution in [0.2, 0.25) is 0 Å². The van der Waals surface area contributed by atoms with Crippen LogP contribution in [0.15, 0.2) is 18.2 Å². The summed E-state index contributed by atoms with van der Waals surface area (Å²) in [6, 6.07) is 3.09. The highest BCUT2D eigenvalue weighted by molar-refractivity contribution is 7.88. The number of hydrogen-bond donors (Lipinski definition) is 1. The van der Waals surface area contributed by atoms with Crippen LogP contribution in [0.3, 0.4) is 0 Å². The highest BCUT2D eigenvalue weighted by atomic mass is 32.2. The third kappa shape index (κ3) is 3.63. The van der Waals surface area contributed by atoms with Gasteiger partial charge in [-0.25, -0.2) is 21.5 Å². The first-order valence-corrected chi connectivity index (χ1v) is 11.1. The summed E-state index contributed by atoms with van der Waals surface area (Å²) in [6.07, 6.45) is 2.12. The molecule has 2 N–H and O–H groups in total. The molecule has 3 fully saturated rings. The standard InChI is InChI=1S/C18H25F2N3O3S/c1-27(24,25)22-8-11-4-5-23(17(11)9-22)13-7-16(21)18(26-10-13)14-6-12(19)2-3-15(14)20/h2-3,6,11,13,16-18H,4-5,7-10,21H2,1H3/t11?,13-,16+,17?,18-/m1/s1. The molecule has 150 valence electrons. The number of nitrogens with zero attached hydrogens (tertiary/aromatic N) is 2. The zero-order valence-electron chi connectivity index (χ0n) is 15.2. The molecule has 3 saturated heterocycles. The van der Waals surface area contributed by atoms with E-state index in [9.17, 15) is 17.2 Å². The number of rotatable bonds is 3. The van der Waals surface area contributed by atoms with Gasteiger partial charge in [0, 0.05) is 36.8 Å². The van der Waals surface area contributed by atoms with E-state index in [0.29, 0.717) is 32.0 Å². The molecule has 3 aliphatic heterocycles. The molecule has 9 heteroatoms. The number of fused-ring (bicyclic) bond motifs is 1. The van der Waals surface area contributed by atoms with E-state index >= 15 is 0 Å². The Balaban J connectivity index is 1.45. The first-order valence-electron chi connectivity index (χ1n) is 9.27. The summed E-state index contributed by atoms with van der Waals surface area (Å²) in [4.78, 5) is 2.30. The van der Waals surface area contributed by atoms with E-state index in [0.717, 1.165) is 31.2 Å². The quantitative estimate of drug-likeness (QED) is 0.821. The van der Waals surface area contributed by atoms with Crippen LogP contribution in [0.4, 0.5) is 8.78 Å². The molecule has 5 atom stereocenters. The predicted octanol–water partition coefficient (Wildman–Crippen LogP) is 1.09.